The number of halogens is 1. The predicted molar refractivity (Wildman–Crippen MR) is 100 cm³/mol. The normalized spacial score (nSPS) is 10.9. The van der Waals surface area contributed by atoms with Crippen LogP contribution < -0.4 is 5.32 Å². The van der Waals surface area contributed by atoms with Gasteiger partial charge in [0.1, 0.15) is 5.82 Å². The van der Waals surface area contributed by atoms with E-state index < -0.39 is 0 Å². The summed E-state index contributed by atoms with van der Waals surface area (Å²) in [5.41, 5.74) is 4.56. The second kappa shape index (κ2) is 7.65. The van der Waals surface area contributed by atoms with Gasteiger partial charge in [0.05, 0.1) is 12.1 Å². The van der Waals surface area contributed by atoms with Crippen molar-refractivity contribution in [1.29, 1.82) is 0 Å². The van der Waals surface area contributed by atoms with E-state index in [0.717, 1.165) is 28.3 Å². The fraction of sp³-hybridized carbons (Fsp3) is 0.300. The van der Waals surface area contributed by atoms with Gasteiger partial charge >= 0.3 is 0 Å². The number of carbonyl (C=O) groups excluding carboxylic acids is 1. The molecule has 1 aromatic carbocycles. The molecule has 0 fully saturated rings. The molecule has 3 rings (SSSR count). The minimum Gasteiger partial charge on any atom is -0.352 e. The molecule has 0 saturated carbocycles. The maximum absolute atomic E-state index is 13.7. The van der Waals surface area contributed by atoms with Crippen molar-refractivity contribution in [3.63, 3.8) is 0 Å². The Bertz CT molecular complexity index is 976. The highest BCUT2D eigenvalue weighted by Gasteiger charge is 2.17. The van der Waals surface area contributed by atoms with Gasteiger partial charge in [0, 0.05) is 34.8 Å². The van der Waals surface area contributed by atoms with Crippen molar-refractivity contribution in [1.82, 2.24) is 25.1 Å². The van der Waals surface area contributed by atoms with Crippen LogP contribution in [0.3, 0.4) is 0 Å². The number of aromatic nitrogens is 4. The van der Waals surface area contributed by atoms with Crippen LogP contribution in [0.2, 0.25) is 0 Å². The number of hydrogen-bond donors (Lipinski definition) is 1. The standard InChI is InChI=1S/C20H22FN5O/c1-12-9-13(2)24-20(23-12)26-15(4)17(14(3)25-26)10-19(27)22-11-16-7-5-6-8-18(16)21/h5-9H,10-11H2,1-4H3,(H,22,27). The zero-order valence-corrected chi connectivity index (χ0v) is 15.9. The fourth-order valence-corrected chi connectivity index (χ4v) is 2.99. The summed E-state index contributed by atoms with van der Waals surface area (Å²) in [5, 5.41) is 7.26. The van der Waals surface area contributed by atoms with Gasteiger partial charge in [-0.15, -0.1) is 0 Å². The van der Waals surface area contributed by atoms with Crippen molar-refractivity contribution < 1.29 is 9.18 Å². The highest BCUT2D eigenvalue weighted by Crippen LogP contribution is 2.17. The minimum absolute atomic E-state index is 0.151. The summed E-state index contributed by atoms with van der Waals surface area (Å²) in [6, 6.07) is 8.29. The monoisotopic (exact) mass is 367 g/mol. The summed E-state index contributed by atoms with van der Waals surface area (Å²) in [6.07, 6.45) is 0.164. The van der Waals surface area contributed by atoms with Gasteiger partial charge in [-0.3, -0.25) is 4.79 Å². The molecule has 2 heterocycles. The van der Waals surface area contributed by atoms with E-state index in [9.17, 15) is 9.18 Å². The zero-order valence-electron chi connectivity index (χ0n) is 15.9. The molecule has 0 bridgehead atoms. The second-order valence-corrected chi connectivity index (χ2v) is 6.56. The van der Waals surface area contributed by atoms with Crippen LogP contribution in [-0.4, -0.2) is 25.7 Å². The molecule has 7 heteroatoms. The first-order valence-corrected chi connectivity index (χ1v) is 8.73. The Kier molecular flexibility index (Phi) is 5.30. The maximum atomic E-state index is 13.7. The summed E-state index contributed by atoms with van der Waals surface area (Å²) < 4.78 is 15.3. The third kappa shape index (κ3) is 4.19. The summed E-state index contributed by atoms with van der Waals surface area (Å²) in [4.78, 5) is 21.2. The van der Waals surface area contributed by atoms with Crippen LogP contribution in [0.25, 0.3) is 5.95 Å². The molecule has 0 aliphatic rings. The van der Waals surface area contributed by atoms with Crippen molar-refractivity contribution in [2.45, 2.75) is 40.7 Å². The molecule has 0 aliphatic carbocycles. The SMILES string of the molecule is Cc1cc(C)nc(-n2nc(C)c(CC(=O)NCc3ccccc3F)c2C)n1. The summed E-state index contributed by atoms with van der Waals surface area (Å²) in [7, 11) is 0. The average Bonchev–Trinajstić information content (AvgIpc) is 2.88. The van der Waals surface area contributed by atoms with Crippen LogP contribution in [0.1, 0.15) is 33.9 Å². The summed E-state index contributed by atoms with van der Waals surface area (Å²) in [5.74, 6) is -0.0265. The Balaban J connectivity index is 1.76. The Morgan fingerprint density at radius 2 is 1.78 bits per heavy atom. The van der Waals surface area contributed by atoms with Crippen molar-refractivity contribution in [2.24, 2.45) is 0 Å². The summed E-state index contributed by atoms with van der Waals surface area (Å²) >= 11 is 0. The molecule has 0 aliphatic heterocycles. The van der Waals surface area contributed by atoms with E-state index in [4.69, 9.17) is 0 Å². The quantitative estimate of drug-likeness (QED) is 0.753. The third-order valence-electron chi connectivity index (χ3n) is 4.37. The maximum Gasteiger partial charge on any atom is 0.251 e. The fourth-order valence-electron chi connectivity index (χ4n) is 2.99. The number of nitrogens with one attached hydrogen (secondary N) is 1. The number of benzene rings is 1. The zero-order chi connectivity index (χ0) is 19.6. The Morgan fingerprint density at radius 1 is 1.11 bits per heavy atom. The van der Waals surface area contributed by atoms with Gasteiger partial charge in [-0.1, -0.05) is 18.2 Å². The highest BCUT2D eigenvalue weighted by atomic mass is 19.1. The molecule has 0 radical (unpaired) electrons. The van der Waals surface area contributed by atoms with Crippen LogP contribution in [-0.2, 0) is 17.8 Å². The highest BCUT2D eigenvalue weighted by molar-refractivity contribution is 5.79. The minimum atomic E-state index is -0.329. The first kappa shape index (κ1) is 18.7. The van der Waals surface area contributed by atoms with E-state index in [1.54, 1.807) is 22.9 Å². The van der Waals surface area contributed by atoms with Gasteiger partial charge in [-0.05, 0) is 39.8 Å². The topological polar surface area (TPSA) is 72.7 Å². The lowest BCUT2D eigenvalue weighted by atomic mass is 10.1. The number of amides is 1. The first-order valence-electron chi connectivity index (χ1n) is 8.73. The van der Waals surface area contributed by atoms with Crippen LogP contribution in [0.15, 0.2) is 30.3 Å². The van der Waals surface area contributed by atoms with Crippen LogP contribution in [0, 0.1) is 33.5 Å². The Morgan fingerprint density at radius 3 is 2.44 bits per heavy atom. The predicted octanol–water partition coefficient (Wildman–Crippen LogP) is 2.89. The molecule has 2 aromatic heterocycles. The number of carbonyl (C=O) groups is 1. The second-order valence-electron chi connectivity index (χ2n) is 6.56. The molecule has 27 heavy (non-hydrogen) atoms. The largest absolute Gasteiger partial charge is 0.352 e. The van der Waals surface area contributed by atoms with Crippen molar-refractivity contribution in [3.8, 4) is 5.95 Å². The molecule has 0 unspecified atom stereocenters. The lowest BCUT2D eigenvalue weighted by Gasteiger charge is -2.07. The van der Waals surface area contributed by atoms with Crippen molar-refractivity contribution in [3.05, 3.63) is 70.1 Å². The van der Waals surface area contributed by atoms with Crippen molar-refractivity contribution in [2.75, 3.05) is 0 Å². The molecule has 0 saturated heterocycles. The van der Waals surface area contributed by atoms with Gasteiger partial charge in [0.15, 0.2) is 0 Å². The number of aryl methyl sites for hydroxylation is 3. The molecule has 1 N–H and O–H groups in total. The third-order valence-corrected chi connectivity index (χ3v) is 4.37. The Labute approximate surface area is 157 Å². The molecule has 1 amide bonds. The smallest absolute Gasteiger partial charge is 0.251 e. The number of rotatable bonds is 5. The van der Waals surface area contributed by atoms with E-state index in [0.29, 0.717) is 11.5 Å². The van der Waals surface area contributed by atoms with Gasteiger partial charge in [0.25, 0.3) is 5.95 Å². The van der Waals surface area contributed by atoms with Crippen molar-refractivity contribution >= 4 is 5.91 Å². The molecule has 6 nitrogen and oxygen atoms in total. The lowest BCUT2D eigenvalue weighted by molar-refractivity contribution is -0.120. The van der Waals surface area contributed by atoms with Crippen LogP contribution >= 0.6 is 0 Å². The van der Waals surface area contributed by atoms with Gasteiger partial charge in [-0.25, -0.2) is 19.0 Å². The number of nitrogens with zero attached hydrogens (tertiary/aromatic N) is 4. The molecular weight excluding hydrogens is 345 g/mol. The van der Waals surface area contributed by atoms with Gasteiger partial charge < -0.3 is 5.32 Å². The lowest BCUT2D eigenvalue weighted by Crippen LogP contribution is -2.25. The van der Waals surface area contributed by atoms with E-state index >= 15 is 0 Å². The average molecular weight is 367 g/mol. The first-order chi connectivity index (χ1) is 12.8. The van der Waals surface area contributed by atoms with E-state index in [-0.39, 0.29) is 24.7 Å². The van der Waals surface area contributed by atoms with E-state index in [1.807, 2.05) is 33.8 Å². The Hall–Kier alpha value is -3.09. The molecule has 3 aromatic rings. The molecular formula is C20H22FN5O. The molecule has 0 spiro atoms. The molecule has 0 atom stereocenters. The van der Waals surface area contributed by atoms with Crippen LogP contribution in [0.5, 0.6) is 0 Å². The molecule has 140 valence electrons. The van der Waals surface area contributed by atoms with Crippen LogP contribution in [0.4, 0.5) is 4.39 Å². The van der Waals surface area contributed by atoms with E-state index in [1.165, 1.54) is 6.07 Å². The van der Waals surface area contributed by atoms with Gasteiger partial charge in [-0.2, -0.15) is 5.10 Å². The van der Waals surface area contributed by atoms with Gasteiger partial charge in [0.2, 0.25) is 5.91 Å². The number of hydrogen-bond acceptors (Lipinski definition) is 4. The summed E-state index contributed by atoms with van der Waals surface area (Å²) in [6.45, 7) is 7.70. The van der Waals surface area contributed by atoms with E-state index in [2.05, 4.69) is 20.4 Å².